The summed E-state index contributed by atoms with van der Waals surface area (Å²) in [5.41, 5.74) is 0.822. The summed E-state index contributed by atoms with van der Waals surface area (Å²) in [6.07, 6.45) is 1.10. The van der Waals surface area contributed by atoms with Crippen molar-refractivity contribution in [2.24, 2.45) is 5.92 Å². The lowest BCUT2D eigenvalue weighted by Gasteiger charge is -2.21. The SMILES string of the molecule is COC(=O)CC#C[C@H](C)[C@@H](NS(C)(=O)=O)c1ccccc1. The Hall–Kier alpha value is -1.84. The van der Waals surface area contributed by atoms with E-state index in [1.54, 1.807) is 6.92 Å². The molecule has 1 aromatic carbocycles. The van der Waals surface area contributed by atoms with Crippen LogP contribution in [-0.2, 0) is 19.6 Å². The van der Waals surface area contributed by atoms with Crippen LogP contribution in [0.5, 0.6) is 0 Å². The molecule has 1 N–H and O–H groups in total. The fourth-order valence-corrected chi connectivity index (χ4v) is 2.59. The van der Waals surface area contributed by atoms with Gasteiger partial charge in [0.2, 0.25) is 10.0 Å². The molecule has 0 aliphatic rings. The third-order valence-electron chi connectivity index (χ3n) is 2.79. The van der Waals surface area contributed by atoms with Crippen molar-refractivity contribution in [2.45, 2.75) is 19.4 Å². The number of hydrogen-bond donors (Lipinski definition) is 1. The van der Waals surface area contributed by atoms with Crippen molar-refractivity contribution < 1.29 is 17.9 Å². The van der Waals surface area contributed by atoms with Crippen molar-refractivity contribution in [2.75, 3.05) is 13.4 Å². The molecule has 0 amide bonds. The van der Waals surface area contributed by atoms with Crippen LogP contribution in [0.25, 0.3) is 0 Å². The Bertz CT molecular complexity index is 629. The second-order valence-electron chi connectivity index (χ2n) is 4.64. The number of esters is 1. The summed E-state index contributed by atoms with van der Waals surface area (Å²) >= 11 is 0. The molecule has 0 bridgehead atoms. The van der Waals surface area contributed by atoms with Crippen molar-refractivity contribution in [1.29, 1.82) is 0 Å². The molecule has 0 aromatic heterocycles. The largest absolute Gasteiger partial charge is 0.468 e. The van der Waals surface area contributed by atoms with Gasteiger partial charge < -0.3 is 4.74 Å². The van der Waals surface area contributed by atoms with E-state index in [1.165, 1.54) is 7.11 Å². The average molecular weight is 309 g/mol. The molecule has 0 aliphatic carbocycles. The van der Waals surface area contributed by atoms with Gasteiger partial charge in [-0.2, -0.15) is 0 Å². The second kappa shape index (κ2) is 7.81. The minimum Gasteiger partial charge on any atom is -0.468 e. The van der Waals surface area contributed by atoms with Gasteiger partial charge >= 0.3 is 5.97 Å². The van der Waals surface area contributed by atoms with E-state index in [9.17, 15) is 13.2 Å². The molecule has 21 heavy (non-hydrogen) atoms. The number of sulfonamides is 1. The van der Waals surface area contributed by atoms with Gasteiger partial charge in [-0.15, -0.1) is 0 Å². The topological polar surface area (TPSA) is 72.5 Å². The zero-order chi connectivity index (χ0) is 15.9. The van der Waals surface area contributed by atoms with Crippen molar-refractivity contribution in [3.05, 3.63) is 35.9 Å². The minimum absolute atomic E-state index is 0.0127. The molecule has 0 unspecified atom stereocenters. The molecule has 0 heterocycles. The molecular formula is C15H19NO4S. The molecule has 1 rings (SSSR count). The third-order valence-corrected chi connectivity index (χ3v) is 3.47. The lowest BCUT2D eigenvalue weighted by Crippen LogP contribution is -2.31. The molecule has 0 saturated heterocycles. The standard InChI is InChI=1S/C15H19NO4S/c1-12(8-7-11-14(17)20-2)15(16-21(3,18)19)13-9-5-4-6-10-13/h4-6,9-10,12,15-16H,11H2,1-3H3/t12-,15+/m0/s1. The van der Waals surface area contributed by atoms with E-state index < -0.39 is 22.0 Å². The first kappa shape index (κ1) is 17.2. The molecule has 0 fully saturated rings. The van der Waals surface area contributed by atoms with Gasteiger partial charge in [0, 0.05) is 5.92 Å². The number of methoxy groups -OCH3 is 1. The van der Waals surface area contributed by atoms with Crippen molar-refractivity contribution in [3.63, 3.8) is 0 Å². The Labute approximate surface area is 125 Å². The first-order valence-electron chi connectivity index (χ1n) is 6.41. The van der Waals surface area contributed by atoms with Crippen molar-refractivity contribution >= 4 is 16.0 Å². The summed E-state index contributed by atoms with van der Waals surface area (Å²) in [4.78, 5) is 11.0. The Morgan fingerprint density at radius 3 is 2.48 bits per heavy atom. The minimum atomic E-state index is -3.37. The lowest BCUT2D eigenvalue weighted by atomic mass is 9.96. The molecule has 0 spiro atoms. The van der Waals surface area contributed by atoms with Crippen LogP contribution in [0.3, 0.4) is 0 Å². The molecule has 114 valence electrons. The van der Waals surface area contributed by atoms with Crippen LogP contribution < -0.4 is 4.72 Å². The van der Waals surface area contributed by atoms with Gasteiger partial charge in [0.15, 0.2) is 0 Å². The number of ether oxygens (including phenoxy) is 1. The number of nitrogens with one attached hydrogen (secondary N) is 1. The van der Waals surface area contributed by atoms with Crippen LogP contribution in [0.15, 0.2) is 30.3 Å². The van der Waals surface area contributed by atoms with Crippen LogP contribution in [0.4, 0.5) is 0 Å². The van der Waals surface area contributed by atoms with E-state index in [-0.39, 0.29) is 12.3 Å². The van der Waals surface area contributed by atoms with Gasteiger partial charge in [0.05, 0.1) is 19.4 Å². The molecule has 0 saturated carbocycles. The van der Waals surface area contributed by atoms with Crippen LogP contribution in [0, 0.1) is 17.8 Å². The number of carbonyl (C=O) groups is 1. The number of hydrogen-bond acceptors (Lipinski definition) is 4. The third kappa shape index (κ3) is 6.43. The Balaban J connectivity index is 2.94. The van der Waals surface area contributed by atoms with E-state index >= 15 is 0 Å². The van der Waals surface area contributed by atoms with Crippen molar-refractivity contribution in [3.8, 4) is 11.8 Å². The summed E-state index contributed by atoms with van der Waals surface area (Å²) in [6.45, 7) is 1.81. The normalized spacial score (nSPS) is 13.7. The van der Waals surface area contributed by atoms with Gasteiger partial charge in [-0.3, -0.25) is 4.79 Å². The fourth-order valence-electron chi connectivity index (χ4n) is 1.79. The Kier molecular flexibility index (Phi) is 6.40. The summed E-state index contributed by atoms with van der Waals surface area (Å²) < 4.78 is 30.1. The fraction of sp³-hybridized carbons (Fsp3) is 0.400. The van der Waals surface area contributed by atoms with Gasteiger partial charge in [0.25, 0.3) is 0 Å². The zero-order valence-electron chi connectivity index (χ0n) is 12.3. The molecule has 6 heteroatoms. The molecule has 0 radical (unpaired) electrons. The molecular weight excluding hydrogens is 290 g/mol. The first-order chi connectivity index (χ1) is 9.83. The van der Waals surface area contributed by atoms with E-state index in [2.05, 4.69) is 21.3 Å². The van der Waals surface area contributed by atoms with Crippen LogP contribution >= 0.6 is 0 Å². The monoisotopic (exact) mass is 309 g/mol. The predicted octanol–water partition coefficient (Wildman–Crippen LogP) is 1.48. The second-order valence-corrected chi connectivity index (χ2v) is 6.42. The van der Waals surface area contributed by atoms with Gasteiger partial charge in [-0.05, 0) is 12.5 Å². The number of benzene rings is 1. The summed E-state index contributed by atoms with van der Waals surface area (Å²) in [7, 11) is -2.07. The first-order valence-corrected chi connectivity index (χ1v) is 8.30. The highest BCUT2D eigenvalue weighted by Crippen LogP contribution is 2.22. The van der Waals surface area contributed by atoms with Crippen LogP contribution in [0.2, 0.25) is 0 Å². The van der Waals surface area contributed by atoms with E-state index in [0.717, 1.165) is 11.8 Å². The molecule has 1 aromatic rings. The molecule has 0 aliphatic heterocycles. The van der Waals surface area contributed by atoms with E-state index in [4.69, 9.17) is 0 Å². The average Bonchev–Trinajstić information content (AvgIpc) is 2.44. The van der Waals surface area contributed by atoms with Crippen LogP contribution in [-0.4, -0.2) is 27.8 Å². The summed E-state index contributed by atoms with van der Waals surface area (Å²) in [5.74, 6) is 4.90. The van der Waals surface area contributed by atoms with Gasteiger partial charge in [0.1, 0.15) is 6.42 Å². The van der Waals surface area contributed by atoms with Crippen molar-refractivity contribution in [1.82, 2.24) is 4.72 Å². The Morgan fingerprint density at radius 1 is 1.33 bits per heavy atom. The summed E-state index contributed by atoms with van der Waals surface area (Å²) in [5, 5.41) is 0. The summed E-state index contributed by atoms with van der Waals surface area (Å²) in [6, 6.07) is 8.73. The maximum absolute atomic E-state index is 11.5. The number of rotatable bonds is 5. The number of carbonyl (C=O) groups excluding carboxylic acids is 1. The lowest BCUT2D eigenvalue weighted by molar-refractivity contribution is -0.139. The van der Waals surface area contributed by atoms with E-state index in [1.807, 2.05) is 30.3 Å². The highest BCUT2D eigenvalue weighted by Gasteiger charge is 2.21. The van der Waals surface area contributed by atoms with Gasteiger partial charge in [-0.1, -0.05) is 42.2 Å². The Morgan fingerprint density at radius 2 is 1.95 bits per heavy atom. The zero-order valence-corrected chi connectivity index (χ0v) is 13.1. The quantitative estimate of drug-likeness (QED) is 0.660. The maximum Gasteiger partial charge on any atom is 0.317 e. The predicted molar refractivity (Wildman–Crippen MR) is 80.7 cm³/mol. The smallest absolute Gasteiger partial charge is 0.317 e. The highest BCUT2D eigenvalue weighted by atomic mass is 32.2. The van der Waals surface area contributed by atoms with E-state index in [0.29, 0.717) is 0 Å². The van der Waals surface area contributed by atoms with Gasteiger partial charge in [-0.25, -0.2) is 13.1 Å². The maximum atomic E-state index is 11.5. The molecule has 5 nitrogen and oxygen atoms in total. The van der Waals surface area contributed by atoms with Crippen LogP contribution in [0.1, 0.15) is 24.9 Å². The molecule has 2 atom stereocenters. The highest BCUT2D eigenvalue weighted by molar-refractivity contribution is 7.88.